The average Bonchev–Trinajstić information content (AvgIpc) is 3.13. The molecule has 0 aliphatic heterocycles. The van der Waals surface area contributed by atoms with Gasteiger partial charge in [0.05, 0.1) is 0 Å². The molecule has 3 nitrogen and oxygen atoms in total. The number of aliphatic hydroxyl groups excluding tert-OH is 1. The third-order valence-electron chi connectivity index (χ3n) is 9.60. The highest BCUT2D eigenvalue weighted by Gasteiger charge is 2.53. The molecule has 2 saturated carbocycles. The first kappa shape index (κ1) is 21.9. The van der Waals surface area contributed by atoms with Crippen molar-refractivity contribution in [2.45, 2.75) is 70.6 Å². The van der Waals surface area contributed by atoms with Gasteiger partial charge in [0, 0.05) is 38.7 Å². The van der Waals surface area contributed by atoms with E-state index in [0.29, 0.717) is 23.5 Å². The number of nitrogens with zero attached hydrogens (tertiary/aromatic N) is 1. The van der Waals surface area contributed by atoms with Gasteiger partial charge in [0.2, 0.25) is 0 Å². The number of hydrogen-bond donors (Lipinski definition) is 1. The van der Waals surface area contributed by atoms with E-state index in [0.717, 1.165) is 31.1 Å². The Balaban J connectivity index is 1.35. The van der Waals surface area contributed by atoms with Crippen LogP contribution >= 0.6 is 0 Å². The van der Waals surface area contributed by atoms with Gasteiger partial charge >= 0.3 is 0 Å². The molecule has 4 aliphatic carbocycles. The molecule has 0 radical (unpaired) electrons. The van der Waals surface area contributed by atoms with Gasteiger partial charge in [0.15, 0.2) is 5.78 Å². The van der Waals surface area contributed by atoms with Gasteiger partial charge in [-0.05, 0) is 109 Å². The number of fused-ring (bicyclic) bond motifs is 4. The topological polar surface area (TPSA) is 40.5 Å². The summed E-state index contributed by atoms with van der Waals surface area (Å²) in [6, 6.07) is 8.79. The van der Waals surface area contributed by atoms with Crippen LogP contribution in [-0.4, -0.2) is 31.6 Å². The number of carbonyl (C=O) groups excluding carboxylic acids is 1. The highest BCUT2D eigenvalue weighted by Crippen LogP contribution is 2.63. The van der Waals surface area contributed by atoms with E-state index in [4.69, 9.17) is 0 Å². The second-order valence-corrected chi connectivity index (χ2v) is 11.3. The largest absolute Gasteiger partial charge is 0.396 e. The van der Waals surface area contributed by atoms with E-state index in [1.54, 1.807) is 11.1 Å². The van der Waals surface area contributed by atoms with Crippen LogP contribution in [0.3, 0.4) is 0 Å². The zero-order chi connectivity index (χ0) is 22.5. The minimum absolute atomic E-state index is 0.233. The molecule has 1 unspecified atom stereocenters. The Labute approximate surface area is 193 Å². The molecule has 5 rings (SSSR count). The maximum atomic E-state index is 11.9. The van der Waals surface area contributed by atoms with Crippen molar-refractivity contribution >= 4 is 11.5 Å². The highest BCUT2D eigenvalue weighted by atomic mass is 16.3. The number of allylic oxidation sites excluding steroid dienone is 4. The second kappa shape index (κ2) is 8.48. The van der Waals surface area contributed by atoms with Gasteiger partial charge in [-0.1, -0.05) is 24.6 Å². The van der Waals surface area contributed by atoms with Crippen LogP contribution in [0.5, 0.6) is 0 Å². The van der Waals surface area contributed by atoms with Crippen molar-refractivity contribution in [2.24, 2.45) is 23.2 Å². The molecule has 3 heteroatoms. The number of carbonyl (C=O) groups is 1. The van der Waals surface area contributed by atoms with Gasteiger partial charge in [-0.15, -0.1) is 0 Å². The van der Waals surface area contributed by atoms with E-state index in [-0.39, 0.29) is 12.5 Å². The van der Waals surface area contributed by atoms with Crippen molar-refractivity contribution in [1.82, 2.24) is 0 Å². The first-order valence-electron chi connectivity index (χ1n) is 12.7. The fourth-order valence-corrected chi connectivity index (χ4v) is 7.73. The Morgan fingerprint density at radius 3 is 2.56 bits per heavy atom. The Morgan fingerprint density at radius 1 is 1.06 bits per heavy atom. The third-order valence-corrected chi connectivity index (χ3v) is 9.60. The van der Waals surface area contributed by atoms with E-state index >= 15 is 0 Å². The summed E-state index contributed by atoms with van der Waals surface area (Å²) in [6.45, 7) is 2.80. The van der Waals surface area contributed by atoms with E-state index in [1.165, 1.54) is 48.9 Å². The first-order valence-corrected chi connectivity index (χ1v) is 12.7. The van der Waals surface area contributed by atoms with Crippen LogP contribution in [-0.2, 0) is 4.79 Å². The number of aliphatic hydroxyl groups is 1. The zero-order valence-electron chi connectivity index (χ0n) is 20.1. The lowest BCUT2D eigenvalue weighted by molar-refractivity contribution is -0.114. The predicted molar refractivity (Wildman–Crippen MR) is 131 cm³/mol. The predicted octanol–water partition coefficient (Wildman–Crippen LogP) is 6.04. The number of ketones is 1. The molecule has 5 atom stereocenters. The molecule has 2 fully saturated rings. The van der Waals surface area contributed by atoms with E-state index < -0.39 is 0 Å². The molecule has 0 heterocycles. The summed E-state index contributed by atoms with van der Waals surface area (Å²) in [7, 11) is 4.14. The Morgan fingerprint density at radius 2 is 1.84 bits per heavy atom. The minimum atomic E-state index is 0.233. The van der Waals surface area contributed by atoms with Crippen LogP contribution in [0.25, 0.3) is 0 Å². The van der Waals surface area contributed by atoms with E-state index in [1.807, 2.05) is 6.08 Å². The third kappa shape index (κ3) is 3.67. The lowest BCUT2D eigenvalue weighted by Crippen LogP contribution is -2.40. The quantitative estimate of drug-likeness (QED) is 0.615. The van der Waals surface area contributed by atoms with Gasteiger partial charge in [-0.25, -0.2) is 0 Å². The van der Waals surface area contributed by atoms with Crippen molar-refractivity contribution in [2.75, 3.05) is 25.6 Å². The summed E-state index contributed by atoms with van der Waals surface area (Å²) in [5.41, 5.74) is 7.53. The maximum Gasteiger partial charge on any atom is 0.156 e. The zero-order valence-corrected chi connectivity index (χ0v) is 20.1. The standard InChI is InChI=1S/C29H39NO2/c1-29-15-14-26-25-12-10-24(32)17-20(25)6-11-27(26)28(29)13-7-22(29)16-21(18-31)19-4-8-23(9-5-19)30(2)3/h4-5,8-9,17,21-22,27-28,31H,6-7,10-16,18H2,1-3H3/t21?,22-,27+,28-,29+/m0/s1. The molecule has 1 N–H and O–H groups in total. The van der Waals surface area contributed by atoms with Crippen molar-refractivity contribution in [3.63, 3.8) is 0 Å². The first-order chi connectivity index (χ1) is 15.4. The molecule has 0 amide bonds. The summed E-state index contributed by atoms with van der Waals surface area (Å²) in [6.07, 6.45) is 12.2. The van der Waals surface area contributed by atoms with E-state index in [2.05, 4.69) is 50.2 Å². The fourth-order valence-electron chi connectivity index (χ4n) is 7.73. The van der Waals surface area contributed by atoms with Gasteiger partial charge in [-0.3, -0.25) is 4.79 Å². The van der Waals surface area contributed by atoms with Crippen molar-refractivity contribution in [3.8, 4) is 0 Å². The van der Waals surface area contributed by atoms with Crippen LogP contribution in [0.1, 0.15) is 76.2 Å². The Hall–Kier alpha value is -1.87. The molecule has 0 saturated heterocycles. The van der Waals surface area contributed by atoms with Crippen LogP contribution in [0.4, 0.5) is 5.69 Å². The van der Waals surface area contributed by atoms with Crippen LogP contribution in [0, 0.1) is 23.2 Å². The van der Waals surface area contributed by atoms with E-state index in [9.17, 15) is 9.90 Å². The molecule has 1 aromatic rings. The summed E-state index contributed by atoms with van der Waals surface area (Å²) in [5, 5.41) is 10.3. The molecule has 32 heavy (non-hydrogen) atoms. The van der Waals surface area contributed by atoms with Gasteiger partial charge < -0.3 is 10.0 Å². The summed E-state index contributed by atoms with van der Waals surface area (Å²) in [5.74, 6) is 2.76. The number of benzene rings is 1. The molecular weight excluding hydrogens is 394 g/mol. The normalized spacial score (nSPS) is 32.7. The molecule has 0 aromatic heterocycles. The molecule has 0 bridgehead atoms. The van der Waals surface area contributed by atoms with Crippen molar-refractivity contribution in [3.05, 3.63) is 52.6 Å². The molecule has 172 valence electrons. The molecule has 1 aromatic carbocycles. The monoisotopic (exact) mass is 433 g/mol. The highest BCUT2D eigenvalue weighted by molar-refractivity contribution is 5.93. The SMILES string of the molecule is CN(C)c1ccc(C(CO)C[C@@H]2CC[C@H]3[C@@H]4CCC5=CC(=O)CCC5=C4CC[C@]23C)cc1. The Kier molecular flexibility index (Phi) is 5.82. The minimum Gasteiger partial charge on any atom is -0.396 e. The van der Waals surface area contributed by atoms with Gasteiger partial charge in [0.25, 0.3) is 0 Å². The lowest BCUT2D eigenvalue weighted by Gasteiger charge is -2.49. The Bertz CT molecular complexity index is 940. The molecule has 4 aliphatic rings. The second-order valence-electron chi connectivity index (χ2n) is 11.3. The molecule has 0 spiro atoms. The van der Waals surface area contributed by atoms with Crippen molar-refractivity contribution < 1.29 is 9.90 Å². The maximum absolute atomic E-state index is 11.9. The number of anilines is 1. The average molecular weight is 434 g/mol. The number of rotatable bonds is 5. The van der Waals surface area contributed by atoms with Crippen molar-refractivity contribution in [1.29, 1.82) is 0 Å². The lowest BCUT2D eigenvalue weighted by atomic mass is 9.55. The summed E-state index contributed by atoms with van der Waals surface area (Å²) >= 11 is 0. The van der Waals surface area contributed by atoms with Gasteiger partial charge in [0.1, 0.15) is 0 Å². The summed E-state index contributed by atoms with van der Waals surface area (Å²) < 4.78 is 0. The smallest absolute Gasteiger partial charge is 0.156 e. The van der Waals surface area contributed by atoms with Gasteiger partial charge in [-0.2, -0.15) is 0 Å². The number of hydrogen-bond acceptors (Lipinski definition) is 3. The summed E-state index contributed by atoms with van der Waals surface area (Å²) in [4.78, 5) is 14.1. The van der Waals surface area contributed by atoms with Crippen LogP contribution < -0.4 is 4.90 Å². The molecular formula is C29H39NO2. The fraction of sp³-hybridized carbons (Fsp3) is 0.621. The van der Waals surface area contributed by atoms with Crippen LogP contribution in [0.15, 0.2) is 47.1 Å². The van der Waals surface area contributed by atoms with Crippen LogP contribution in [0.2, 0.25) is 0 Å².